The summed E-state index contributed by atoms with van der Waals surface area (Å²) in [6.45, 7) is 18.2. The number of benzene rings is 3. The summed E-state index contributed by atoms with van der Waals surface area (Å²) in [5.41, 5.74) is 4.08. The minimum Gasteiger partial charge on any atom is -0.399 e. The highest BCUT2D eigenvalue weighted by Gasteiger charge is 2.51. The van der Waals surface area contributed by atoms with Crippen LogP contribution in [0.25, 0.3) is 0 Å². The molecule has 256 valence electrons. The van der Waals surface area contributed by atoms with E-state index < -0.39 is 0 Å². The summed E-state index contributed by atoms with van der Waals surface area (Å²) in [6.07, 6.45) is 3.72. The first kappa shape index (κ1) is 40.7. The molecule has 3 aromatic rings. The second-order valence-corrected chi connectivity index (χ2v) is 15.2. The molecule has 2 amide bonds. The molecule has 0 unspecified atom stereocenters. The maximum absolute atomic E-state index is 11.7. The van der Waals surface area contributed by atoms with Crippen LogP contribution < -0.4 is 16.1 Å². The van der Waals surface area contributed by atoms with E-state index >= 15 is 0 Å². The first-order chi connectivity index (χ1) is 22.0. The normalized spacial score (nSPS) is 14.5. The van der Waals surface area contributed by atoms with Crippen molar-refractivity contribution >= 4 is 56.3 Å². The van der Waals surface area contributed by atoms with Crippen molar-refractivity contribution in [2.75, 3.05) is 0 Å². The van der Waals surface area contributed by atoms with Crippen LogP contribution in [-0.4, -0.2) is 42.2 Å². The van der Waals surface area contributed by atoms with Gasteiger partial charge in [0.2, 0.25) is 11.8 Å². The lowest BCUT2D eigenvalue weighted by Gasteiger charge is -2.32. The van der Waals surface area contributed by atoms with Gasteiger partial charge in [-0.1, -0.05) is 87.3 Å². The van der Waals surface area contributed by atoms with Gasteiger partial charge in [0.05, 0.1) is 11.2 Å². The van der Waals surface area contributed by atoms with E-state index in [0.717, 1.165) is 39.2 Å². The molecule has 0 radical (unpaired) electrons. The Balaban J connectivity index is 0.000000273. The Hall–Kier alpha value is -2.46. The fraction of sp³-hybridized carbons (Fsp3) is 0.474. The van der Waals surface area contributed by atoms with Crippen molar-refractivity contribution in [3.8, 4) is 0 Å². The highest BCUT2D eigenvalue weighted by atomic mass is 79.9. The molecule has 4 rings (SSSR count). The van der Waals surface area contributed by atoms with Crippen LogP contribution >= 0.6 is 31.9 Å². The standard InChI is InChI=1S/C18H28BNO3.C12H16BrNO.C8H9Br/c1-13(2)20-16(21)12-9-14-7-10-15(11-8-14)19-22-17(3,4)18(5,6)23-19;1-9(2)14-12(15)8-5-10-3-6-11(13)7-4-10;1-2-7-3-5-8(9)6-4-7/h7-8,10-11,13H,9,12H2,1-6H3,(H,20,21);3-4,6-7,9H,5,8H2,1-2H3,(H,14,15);3-6H,2H2,1H3. The first-order valence-corrected chi connectivity index (χ1v) is 18.1. The number of hydrogen-bond acceptors (Lipinski definition) is 4. The van der Waals surface area contributed by atoms with Crippen LogP contribution in [0, 0.1) is 0 Å². The van der Waals surface area contributed by atoms with Gasteiger partial charge in [0.15, 0.2) is 0 Å². The number of hydrogen-bond donors (Lipinski definition) is 2. The number of rotatable bonds is 10. The number of halogens is 2. The van der Waals surface area contributed by atoms with E-state index in [1.165, 1.54) is 11.1 Å². The van der Waals surface area contributed by atoms with E-state index in [2.05, 4.69) is 101 Å². The van der Waals surface area contributed by atoms with E-state index in [9.17, 15) is 9.59 Å². The summed E-state index contributed by atoms with van der Waals surface area (Å²) in [7, 11) is -0.335. The summed E-state index contributed by atoms with van der Waals surface area (Å²) < 4.78 is 14.3. The van der Waals surface area contributed by atoms with E-state index in [4.69, 9.17) is 9.31 Å². The maximum atomic E-state index is 11.7. The summed E-state index contributed by atoms with van der Waals surface area (Å²) in [4.78, 5) is 23.1. The van der Waals surface area contributed by atoms with E-state index in [1.54, 1.807) is 0 Å². The Bertz CT molecular complexity index is 1360. The van der Waals surface area contributed by atoms with Crippen LogP contribution in [-0.2, 0) is 38.2 Å². The van der Waals surface area contributed by atoms with Gasteiger partial charge in [0, 0.05) is 33.9 Å². The van der Waals surface area contributed by atoms with Crippen molar-refractivity contribution in [3.63, 3.8) is 0 Å². The molecule has 1 heterocycles. The molecule has 0 aliphatic carbocycles. The van der Waals surface area contributed by atoms with Gasteiger partial charge in [-0.25, -0.2) is 0 Å². The topological polar surface area (TPSA) is 76.7 Å². The van der Waals surface area contributed by atoms with Crippen molar-refractivity contribution in [1.82, 2.24) is 10.6 Å². The summed E-state index contributed by atoms with van der Waals surface area (Å²) in [6, 6.07) is 25.0. The molecule has 0 bridgehead atoms. The monoisotopic (exact) mass is 770 g/mol. The maximum Gasteiger partial charge on any atom is 0.494 e. The minimum absolute atomic E-state index is 0.0926. The summed E-state index contributed by atoms with van der Waals surface area (Å²) >= 11 is 6.75. The number of amides is 2. The number of carbonyl (C=O) groups is 2. The molecule has 2 N–H and O–H groups in total. The largest absolute Gasteiger partial charge is 0.494 e. The predicted molar refractivity (Wildman–Crippen MR) is 203 cm³/mol. The van der Waals surface area contributed by atoms with Crippen LogP contribution in [0.4, 0.5) is 0 Å². The molecule has 1 aliphatic heterocycles. The summed E-state index contributed by atoms with van der Waals surface area (Å²) in [5.74, 6) is 0.211. The molecule has 0 aromatic heterocycles. The molecule has 9 heteroatoms. The smallest absolute Gasteiger partial charge is 0.399 e. The van der Waals surface area contributed by atoms with Crippen molar-refractivity contribution in [3.05, 3.63) is 98.4 Å². The third-order valence-electron chi connectivity index (χ3n) is 7.92. The zero-order valence-corrected chi connectivity index (χ0v) is 32.8. The van der Waals surface area contributed by atoms with Gasteiger partial charge in [-0.05, 0) is 121 Å². The molecular weight excluding hydrogens is 719 g/mol. The van der Waals surface area contributed by atoms with Gasteiger partial charge >= 0.3 is 7.12 Å². The Morgan fingerprint density at radius 3 is 1.32 bits per heavy atom. The molecule has 6 nitrogen and oxygen atoms in total. The van der Waals surface area contributed by atoms with Crippen LogP contribution in [0.2, 0.25) is 0 Å². The molecule has 1 saturated heterocycles. The molecule has 0 spiro atoms. The minimum atomic E-state index is -0.335. The van der Waals surface area contributed by atoms with Crippen LogP contribution in [0.15, 0.2) is 81.7 Å². The fourth-order valence-corrected chi connectivity index (χ4v) is 5.02. The average molecular weight is 772 g/mol. The van der Waals surface area contributed by atoms with Gasteiger partial charge in [-0.2, -0.15) is 0 Å². The highest BCUT2D eigenvalue weighted by molar-refractivity contribution is 9.10. The van der Waals surface area contributed by atoms with Crippen molar-refractivity contribution in [2.45, 2.75) is 118 Å². The molecule has 0 saturated carbocycles. The van der Waals surface area contributed by atoms with E-state index in [1.807, 2.05) is 76.2 Å². The number of aryl methyl sites for hydroxylation is 3. The quantitative estimate of drug-likeness (QED) is 0.203. The molecular formula is C38H53BBr2N2O4. The Labute approximate surface area is 300 Å². The van der Waals surface area contributed by atoms with Crippen molar-refractivity contribution in [2.24, 2.45) is 0 Å². The summed E-state index contributed by atoms with van der Waals surface area (Å²) in [5, 5.41) is 5.78. The van der Waals surface area contributed by atoms with Crippen molar-refractivity contribution < 1.29 is 18.9 Å². The van der Waals surface area contributed by atoms with Gasteiger partial charge in [-0.3, -0.25) is 9.59 Å². The lowest BCUT2D eigenvalue weighted by molar-refractivity contribution is -0.122. The van der Waals surface area contributed by atoms with E-state index in [-0.39, 0.29) is 42.2 Å². The Kier molecular flexibility index (Phi) is 16.9. The third-order valence-corrected chi connectivity index (χ3v) is 8.98. The van der Waals surface area contributed by atoms with Gasteiger partial charge in [-0.15, -0.1) is 0 Å². The van der Waals surface area contributed by atoms with Crippen LogP contribution in [0.1, 0.15) is 91.8 Å². The predicted octanol–water partition coefficient (Wildman–Crippen LogP) is 8.36. The van der Waals surface area contributed by atoms with Crippen LogP contribution in [0.3, 0.4) is 0 Å². The van der Waals surface area contributed by atoms with Gasteiger partial charge in [0.1, 0.15) is 0 Å². The first-order valence-electron chi connectivity index (χ1n) is 16.5. The van der Waals surface area contributed by atoms with Gasteiger partial charge in [0.25, 0.3) is 0 Å². The van der Waals surface area contributed by atoms with Gasteiger partial charge < -0.3 is 19.9 Å². The second kappa shape index (κ2) is 19.5. The lowest BCUT2D eigenvalue weighted by atomic mass is 9.78. The fourth-order valence-electron chi connectivity index (χ4n) is 4.50. The second-order valence-electron chi connectivity index (χ2n) is 13.4. The molecule has 1 aliphatic rings. The average Bonchev–Trinajstić information content (AvgIpc) is 3.22. The highest BCUT2D eigenvalue weighted by Crippen LogP contribution is 2.36. The molecule has 1 fully saturated rings. The van der Waals surface area contributed by atoms with Crippen molar-refractivity contribution in [1.29, 1.82) is 0 Å². The molecule has 3 aromatic carbocycles. The number of carbonyl (C=O) groups excluding carboxylic acids is 2. The van der Waals surface area contributed by atoms with E-state index in [0.29, 0.717) is 12.8 Å². The SMILES string of the molecule is CC(C)NC(=O)CCc1ccc(B2OC(C)(C)C(C)(C)O2)cc1.CC(C)NC(=O)CCc1ccc(Br)cc1.CCc1ccc(Br)cc1. The Morgan fingerprint density at radius 2 is 0.979 bits per heavy atom. The zero-order valence-electron chi connectivity index (χ0n) is 29.6. The Morgan fingerprint density at radius 1 is 0.638 bits per heavy atom. The molecule has 0 atom stereocenters. The molecule has 47 heavy (non-hydrogen) atoms. The number of nitrogens with one attached hydrogen (secondary N) is 2. The lowest BCUT2D eigenvalue weighted by Crippen LogP contribution is -2.41. The third kappa shape index (κ3) is 15.1. The van der Waals surface area contributed by atoms with Crippen LogP contribution in [0.5, 0.6) is 0 Å². The zero-order chi connectivity index (χ0) is 35.2.